The fourth-order valence-electron chi connectivity index (χ4n) is 4.17. The van der Waals surface area contributed by atoms with Gasteiger partial charge in [0.25, 0.3) is 0 Å². The molecule has 34 heavy (non-hydrogen) atoms. The molecule has 5 heterocycles. The SMILES string of the molecule is Cc1cnc(Nc2ccnn2C)cc1-c1cc2n(c1)C[C@H](CF)n1c-2nnc1C(F)(F)C(C)F. The van der Waals surface area contributed by atoms with Crippen molar-refractivity contribution in [1.29, 1.82) is 0 Å². The zero-order chi connectivity index (χ0) is 24.2. The largest absolute Gasteiger partial charge is 0.342 e. The first-order valence-corrected chi connectivity index (χ1v) is 10.7. The highest BCUT2D eigenvalue weighted by Crippen LogP contribution is 2.41. The zero-order valence-electron chi connectivity index (χ0n) is 18.7. The zero-order valence-corrected chi connectivity index (χ0v) is 18.7. The maximum Gasteiger partial charge on any atom is 0.336 e. The minimum absolute atomic E-state index is 0.0791. The van der Waals surface area contributed by atoms with E-state index in [1.807, 2.05) is 25.3 Å². The van der Waals surface area contributed by atoms with Crippen LogP contribution < -0.4 is 5.32 Å². The minimum Gasteiger partial charge on any atom is -0.342 e. The van der Waals surface area contributed by atoms with Gasteiger partial charge in [0.2, 0.25) is 5.82 Å². The summed E-state index contributed by atoms with van der Waals surface area (Å²) in [6.45, 7) is 1.82. The summed E-state index contributed by atoms with van der Waals surface area (Å²) in [6, 6.07) is 4.49. The van der Waals surface area contributed by atoms with Gasteiger partial charge in [-0.3, -0.25) is 9.25 Å². The molecule has 5 rings (SSSR count). The van der Waals surface area contributed by atoms with E-state index in [0.717, 1.165) is 34.0 Å². The fourth-order valence-corrected chi connectivity index (χ4v) is 4.17. The second-order valence-corrected chi connectivity index (χ2v) is 8.38. The van der Waals surface area contributed by atoms with Crippen molar-refractivity contribution in [3.63, 3.8) is 0 Å². The number of alkyl halides is 4. The number of nitrogens with zero attached hydrogens (tertiary/aromatic N) is 7. The molecule has 0 aliphatic carbocycles. The number of halogens is 4. The predicted octanol–water partition coefficient (Wildman–Crippen LogP) is 4.57. The quantitative estimate of drug-likeness (QED) is 0.415. The first-order valence-electron chi connectivity index (χ1n) is 10.7. The highest BCUT2D eigenvalue weighted by Gasteiger charge is 2.47. The van der Waals surface area contributed by atoms with Crippen molar-refractivity contribution in [3.8, 4) is 22.6 Å². The van der Waals surface area contributed by atoms with Crippen molar-refractivity contribution in [2.75, 3.05) is 12.0 Å². The number of anilines is 2. The summed E-state index contributed by atoms with van der Waals surface area (Å²) in [7, 11) is 1.80. The molecule has 2 atom stereocenters. The van der Waals surface area contributed by atoms with Crippen molar-refractivity contribution in [2.45, 2.75) is 38.5 Å². The molecule has 12 heteroatoms. The number of pyridine rings is 1. The van der Waals surface area contributed by atoms with Gasteiger partial charge in [0, 0.05) is 37.6 Å². The Morgan fingerprint density at radius 1 is 1.26 bits per heavy atom. The number of nitrogens with one attached hydrogen (secondary N) is 1. The number of aryl methyl sites for hydroxylation is 2. The van der Waals surface area contributed by atoms with E-state index >= 15 is 0 Å². The monoisotopic (exact) mass is 474 g/mol. The first kappa shape index (κ1) is 22.1. The normalized spacial score (nSPS) is 16.3. The molecule has 8 nitrogen and oxygen atoms in total. The van der Waals surface area contributed by atoms with Crippen LogP contribution in [0.2, 0.25) is 0 Å². The van der Waals surface area contributed by atoms with E-state index in [2.05, 4.69) is 25.6 Å². The van der Waals surface area contributed by atoms with E-state index in [9.17, 15) is 17.6 Å². The highest BCUT2D eigenvalue weighted by atomic mass is 19.3. The Bertz CT molecular complexity index is 1350. The van der Waals surface area contributed by atoms with Crippen LogP contribution in [0.5, 0.6) is 0 Å². The summed E-state index contributed by atoms with van der Waals surface area (Å²) in [5.74, 6) is -3.32. The summed E-state index contributed by atoms with van der Waals surface area (Å²) in [4.78, 5) is 4.42. The molecule has 4 aromatic rings. The Balaban J connectivity index is 1.57. The summed E-state index contributed by atoms with van der Waals surface area (Å²) in [5.41, 5.74) is 3.02. The fraction of sp³-hybridized carbons (Fsp3) is 0.364. The van der Waals surface area contributed by atoms with Gasteiger partial charge in [-0.15, -0.1) is 10.2 Å². The molecule has 0 aromatic carbocycles. The van der Waals surface area contributed by atoms with Crippen molar-refractivity contribution < 1.29 is 17.6 Å². The second-order valence-electron chi connectivity index (χ2n) is 8.38. The van der Waals surface area contributed by atoms with Crippen LogP contribution in [0.15, 0.2) is 36.8 Å². The predicted molar refractivity (Wildman–Crippen MR) is 117 cm³/mol. The lowest BCUT2D eigenvalue weighted by atomic mass is 10.1. The van der Waals surface area contributed by atoms with E-state index in [1.165, 1.54) is 0 Å². The number of fused-ring (bicyclic) bond motifs is 3. The van der Waals surface area contributed by atoms with Gasteiger partial charge < -0.3 is 9.88 Å². The van der Waals surface area contributed by atoms with Crippen LogP contribution in [0.1, 0.15) is 24.4 Å². The Morgan fingerprint density at radius 2 is 2.06 bits per heavy atom. The number of aromatic nitrogens is 7. The lowest BCUT2D eigenvalue weighted by molar-refractivity contribution is -0.0828. The molecule has 1 aliphatic heterocycles. The third-order valence-corrected chi connectivity index (χ3v) is 6.06. The topological polar surface area (TPSA) is 78.4 Å². The Hall–Kier alpha value is -3.70. The maximum atomic E-state index is 14.5. The molecule has 0 bridgehead atoms. The molecule has 0 amide bonds. The molecule has 1 aliphatic rings. The molecule has 178 valence electrons. The summed E-state index contributed by atoms with van der Waals surface area (Å²) in [6.07, 6.45) is 2.72. The Morgan fingerprint density at radius 3 is 2.74 bits per heavy atom. The molecule has 0 saturated carbocycles. The number of hydrogen-bond donors (Lipinski definition) is 1. The van der Waals surface area contributed by atoms with Crippen LogP contribution in [0, 0.1) is 6.92 Å². The van der Waals surface area contributed by atoms with Crippen LogP contribution in [-0.2, 0) is 19.5 Å². The molecule has 0 fully saturated rings. The van der Waals surface area contributed by atoms with Crippen LogP contribution in [0.3, 0.4) is 0 Å². The molecule has 1 N–H and O–H groups in total. The van der Waals surface area contributed by atoms with Gasteiger partial charge in [0.05, 0.1) is 17.9 Å². The van der Waals surface area contributed by atoms with Crippen molar-refractivity contribution in [3.05, 3.63) is 48.2 Å². The molecular formula is C22H22F4N8. The molecule has 0 spiro atoms. The third kappa shape index (κ3) is 3.44. The third-order valence-electron chi connectivity index (χ3n) is 6.06. The lowest BCUT2D eigenvalue weighted by Crippen LogP contribution is -2.33. The highest BCUT2D eigenvalue weighted by molar-refractivity contribution is 5.75. The maximum absolute atomic E-state index is 14.5. The van der Waals surface area contributed by atoms with Crippen LogP contribution in [0.4, 0.5) is 29.2 Å². The van der Waals surface area contributed by atoms with Gasteiger partial charge >= 0.3 is 5.92 Å². The van der Waals surface area contributed by atoms with Crippen LogP contribution in [-0.4, -0.2) is 46.9 Å². The van der Waals surface area contributed by atoms with Gasteiger partial charge in [-0.25, -0.2) is 13.8 Å². The second kappa shape index (κ2) is 7.96. The van der Waals surface area contributed by atoms with E-state index in [1.54, 1.807) is 34.8 Å². The average molecular weight is 474 g/mol. The smallest absolute Gasteiger partial charge is 0.336 e. The number of hydrogen-bond acceptors (Lipinski definition) is 5. The van der Waals surface area contributed by atoms with Gasteiger partial charge in [0.15, 0.2) is 12.0 Å². The number of rotatable bonds is 6. The standard InChI is InChI=1S/C22H22F4N8/c1-12-9-27-18(29-19-4-5-28-32(19)3)7-16(12)14-6-17-20-30-31-21(22(25,26)13(2)24)34(20)15(8-23)11-33(17)10-14/h4-7,9-10,13,15H,8,11H2,1-3H3,(H,27,29)/t13?,15-/m0/s1. The van der Waals surface area contributed by atoms with Crippen molar-refractivity contribution in [2.24, 2.45) is 7.05 Å². The van der Waals surface area contributed by atoms with Crippen LogP contribution in [0.25, 0.3) is 22.6 Å². The van der Waals surface area contributed by atoms with Gasteiger partial charge in [-0.2, -0.15) is 13.9 Å². The summed E-state index contributed by atoms with van der Waals surface area (Å²) < 4.78 is 61.0. The molecule has 0 saturated heterocycles. The minimum atomic E-state index is -3.88. The van der Waals surface area contributed by atoms with Gasteiger partial charge in [-0.05, 0) is 37.1 Å². The summed E-state index contributed by atoms with van der Waals surface area (Å²) in [5, 5.41) is 14.8. The molecular weight excluding hydrogens is 452 g/mol. The summed E-state index contributed by atoms with van der Waals surface area (Å²) >= 11 is 0. The van der Waals surface area contributed by atoms with E-state index in [4.69, 9.17) is 0 Å². The van der Waals surface area contributed by atoms with Crippen molar-refractivity contribution in [1.82, 2.24) is 34.1 Å². The Kier molecular flexibility index (Phi) is 5.18. The molecule has 4 aromatic heterocycles. The molecule has 1 unspecified atom stereocenters. The van der Waals surface area contributed by atoms with Gasteiger partial charge in [-0.1, -0.05) is 0 Å². The van der Waals surface area contributed by atoms with E-state index in [0.29, 0.717) is 11.5 Å². The van der Waals surface area contributed by atoms with Gasteiger partial charge in [0.1, 0.15) is 18.3 Å². The first-order chi connectivity index (χ1) is 16.2. The van der Waals surface area contributed by atoms with E-state index < -0.39 is 30.6 Å². The molecule has 0 radical (unpaired) electrons. The van der Waals surface area contributed by atoms with E-state index in [-0.39, 0.29) is 12.4 Å². The average Bonchev–Trinajstić information content (AvgIpc) is 3.52. The van der Waals surface area contributed by atoms with Crippen molar-refractivity contribution >= 4 is 11.6 Å². The Labute approximate surface area is 192 Å². The lowest BCUT2D eigenvalue weighted by Gasteiger charge is -2.28. The van der Waals surface area contributed by atoms with Crippen LogP contribution >= 0.6 is 0 Å².